The smallest absolute Gasteiger partial charge is 0.231 e. The fourth-order valence-electron chi connectivity index (χ4n) is 2.46. The molecule has 1 heterocycles. The Bertz CT molecular complexity index is 461. The van der Waals surface area contributed by atoms with Gasteiger partial charge in [0.1, 0.15) is 0 Å². The van der Waals surface area contributed by atoms with Crippen molar-refractivity contribution in [2.75, 3.05) is 51.7 Å². The quantitative estimate of drug-likeness (QED) is 0.685. The van der Waals surface area contributed by atoms with E-state index in [1.165, 1.54) is 0 Å². The van der Waals surface area contributed by atoms with Crippen LogP contribution in [0.15, 0.2) is 24.3 Å². The molecule has 0 spiro atoms. The van der Waals surface area contributed by atoms with E-state index in [2.05, 4.69) is 4.90 Å². The van der Waals surface area contributed by atoms with Crippen molar-refractivity contribution < 1.29 is 9.53 Å². The number of carbonyl (C=O) groups excluding carboxylic acids is 1. The highest BCUT2D eigenvalue weighted by Crippen LogP contribution is 2.13. The number of ether oxygens (including phenoxy) is 1. The Kier molecular flexibility index (Phi) is 5.98. The molecule has 6 nitrogen and oxygen atoms in total. The number of amides is 1. The molecule has 4 N–H and O–H groups in total. The van der Waals surface area contributed by atoms with Gasteiger partial charge in [-0.05, 0) is 11.6 Å². The first-order valence-corrected chi connectivity index (χ1v) is 7.29. The molecule has 0 aliphatic carbocycles. The van der Waals surface area contributed by atoms with Gasteiger partial charge in [0.15, 0.2) is 0 Å². The number of anilines is 1. The van der Waals surface area contributed by atoms with Gasteiger partial charge in [-0.25, -0.2) is 0 Å². The number of nitrogen functional groups attached to an aromatic ring is 1. The topological polar surface area (TPSA) is 84.8 Å². The molecule has 1 aromatic rings. The largest absolute Gasteiger partial charge is 0.398 e. The van der Waals surface area contributed by atoms with Gasteiger partial charge >= 0.3 is 0 Å². The summed E-state index contributed by atoms with van der Waals surface area (Å²) in [4.78, 5) is 15.6. The minimum absolute atomic E-state index is 0.249. The molecule has 1 aliphatic rings. The van der Waals surface area contributed by atoms with Crippen LogP contribution in [0.1, 0.15) is 5.56 Å². The van der Waals surface area contributed by atoms with E-state index in [1.807, 2.05) is 29.2 Å². The van der Waals surface area contributed by atoms with Crippen LogP contribution in [-0.4, -0.2) is 61.6 Å². The Morgan fingerprint density at radius 3 is 2.67 bits per heavy atom. The summed E-state index contributed by atoms with van der Waals surface area (Å²) < 4.78 is 5.34. The summed E-state index contributed by atoms with van der Waals surface area (Å²) in [5, 5.41) is 0. The van der Waals surface area contributed by atoms with Gasteiger partial charge in [-0.2, -0.15) is 0 Å². The van der Waals surface area contributed by atoms with E-state index in [9.17, 15) is 4.79 Å². The first kappa shape index (κ1) is 15.8. The summed E-state index contributed by atoms with van der Waals surface area (Å²) in [7, 11) is 0. The monoisotopic (exact) mass is 292 g/mol. The number of para-hydroxylation sites is 1. The zero-order valence-corrected chi connectivity index (χ0v) is 12.3. The van der Waals surface area contributed by atoms with Gasteiger partial charge in [0, 0.05) is 38.4 Å². The maximum absolute atomic E-state index is 11.3. The lowest BCUT2D eigenvalue weighted by Crippen LogP contribution is -2.43. The van der Waals surface area contributed by atoms with Crippen LogP contribution in [0, 0.1) is 0 Å². The predicted molar refractivity (Wildman–Crippen MR) is 82.6 cm³/mol. The third kappa shape index (κ3) is 5.34. The van der Waals surface area contributed by atoms with Crippen molar-refractivity contribution in [3.8, 4) is 0 Å². The Labute approximate surface area is 125 Å². The van der Waals surface area contributed by atoms with Gasteiger partial charge in [-0.3, -0.25) is 14.6 Å². The fraction of sp³-hybridized carbons (Fsp3) is 0.533. The third-order valence-corrected chi connectivity index (χ3v) is 3.66. The summed E-state index contributed by atoms with van der Waals surface area (Å²) in [6.07, 6.45) is 0. The number of nitrogens with zero attached hydrogens (tertiary/aromatic N) is 2. The van der Waals surface area contributed by atoms with Crippen molar-refractivity contribution in [1.29, 1.82) is 0 Å². The van der Waals surface area contributed by atoms with Crippen molar-refractivity contribution in [1.82, 2.24) is 9.80 Å². The Morgan fingerprint density at radius 2 is 2.00 bits per heavy atom. The summed E-state index contributed by atoms with van der Waals surface area (Å²) in [5.74, 6) is -0.313. The number of primary amides is 1. The number of nitrogens with two attached hydrogens (primary N) is 2. The molecule has 1 aliphatic heterocycles. The Balaban J connectivity index is 1.90. The van der Waals surface area contributed by atoms with Crippen LogP contribution in [0.4, 0.5) is 5.69 Å². The number of rotatable bonds is 7. The molecule has 0 unspecified atom stereocenters. The van der Waals surface area contributed by atoms with Crippen molar-refractivity contribution in [2.45, 2.75) is 6.54 Å². The highest BCUT2D eigenvalue weighted by atomic mass is 16.5. The van der Waals surface area contributed by atoms with Crippen LogP contribution in [0.5, 0.6) is 0 Å². The first-order chi connectivity index (χ1) is 10.1. The molecule has 1 fully saturated rings. The van der Waals surface area contributed by atoms with Crippen molar-refractivity contribution >= 4 is 11.6 Å². The average Bonchev–Trinajstić information content (AvgIpc) is 2.48. The first-order valence-electron chi connectivity index (χ1n) is 7.29. The second-order valence-corrected chi connectivity index (χ2v) is 5.33. The van der Waals surface area contributed by atoms with Gasteiger partial charge in [-0.15, -0.1) is 0 Å². The molecule has 2 rings (SSSR count). The fourth-order valence-corrected chi connectivity index (χ4v) is 2.46. The SMILES string of the molecule is NC(=O)CN(CCN1CCOCC1)Cc1ccccc1N. The minimum atomic E-state index is -0.313. The second-order valence-electron chi connectivity index (χ2n) is 5.33. The van der Waals surface area contributed by atoms with Crippen molar-refractivity contribution in [2.24, 2.45) is 5.73 Å². The van der Waals surface area contributed by atoms with Crippen LogP contribution >= 0.6 is 0 Å². The molecule has 21 heavy (non-hydrogen) atoms. The number of benzene rings is 1. The zero-order chi connectivity index (χ0) is 15.1. The second kappa shape index (κ2) is 7.97. The van der Waals surface area contributed by atoms with Crippen LogP contribution in [-0.2, 0) is 16.1 Å². The molecular formula is C15H24N4O2. The van der Waals surface area contributed by atoms with E-state index in [0.717, 1.165) is 50.6 Å². The summed E-state index contributed by atoms with van der Waals surface area (Å²) in [5.41, 5.74) is 13.1. The highest BCUT2D eigenvalue weighted by Gasteiger charge is 2.14. The van der Waals surface area contributed by atoms with Gasteiger partial charge in [0.25, 0.3) is 0 Å². The normalized spacial score (nSPS) is 16.2. The summed E-state index contributed by atoms with van der Waals surface area (Å²) in [6.45, 7) is 6.03. The van der Waals surface area contributed by atoms with Gasteiger partial charge in [0.05, 0.1) is 19.8 Å². The molecule has 0 saturated carbocycles. The lowest BCUT2D eigenvalue weighted by molar-refractivity contribution is -0.119. The van der Waals surface area contributed by atoms with Gasteiger partial charge in [-0.1, -0.05) is 18.2 Å². The van der Waals surface area contributed by atoms with Crippen molar-refractivity contribution in [3.05, 3.63) is 29.8 Å². The van der Waals surface area contributed by atoms with E-state index >= 15 is 0 Å². The van der Waals surface area contributed by atoms with E-state index in [0.29, 0.717) is 6.54 Å². The molecule has 1 amide bonds. The van der Waals surface area contributed by atoms with Crippen LogP contribution in [0.2, 0.25) is 0 Å². The van der Waals surface area contributed by atoms with Crippen molar-refractivity contribution in [3.63, 3.8) is 0 Å². The number of hydrogen-bond donors (Lipinski definition) is 2. The summed E-state index contributed by atoms with van der Waals surface area (Å²) in [6, 6.07) is 7.72. The van der Waals surface area contributed by atoms with Crippen LogP contribution < -0.4 is 11.5 Å². The third-order valence-electron chi connectivity index (χ3n) is 3.66. The van der Waals surface area contributed by atoms with E-state index in [4.69, 9.17) is 16.2 Å². The Hall–Kier alpha value is -1.63. The number of hydrogen-bond acceptors (Lipinski definition) is 5. The van der Waals surface area contributed by atoms with E-state index in [-0.39, 0.29) is 12.5 Å². The molecule has 116 valence electrons. The average molecular weight is 292 g/mol. The maximum Gasteiger partial charge on any atom is 0.231 e. The van der Waals surface area contributed by atoms with Gasteiger partial charge in [0.2, 0.25) is 5.91 Å². The minimum Gasteiger partial charge on any atom is -0.398 e. The highest BCUT2D eigenvalue weighted by molar-refractivity contribution is 5.75. The van der Waals surface area contributed by atoms with E-state index in [1.54, 1.807) is 0 Å². The molecular weight excluding hydrogens is 268 g/mol. The maximum atomic E-state index is 11.3. The standard InChI is InChI=1S/C15H24N4O2/c16-14-4-2-1-3-13(14)11-19(12-15(17)20)6-5-18-7-9-21-10-8-18/h1-4H,5-12,16H2,(H2,17,20). The zero-order valence-electron chi connectivity index (χ0n) is 12.3. The summed E-state index contributed by atoms with van der Waals surface area (Å²) >= 11 is 0. The predicted octanol–water partition coefficient (Wildman–Crippen LogP) is -0.112. The van der Waals surface area contributed by atoms with Crippen LogP contribution in [0.3, 0.4) is 0 Å². The molecule has 0 bridgehead atoms. The molecule has 1 saturated heterocycles. The number of carbonyl (C=O) groups is 1. The lowest BCUT2D eigenvalue weighted by atomic mass is 10.1. The lowest BCUT2D eigenvalue weighted by Gasteiger charge is -2.29. The molecule has 6 heteroatoms. The van der Waals surface area contributed by atoms with Gasteiger partial charge < -0.3 is 16.2 Å². The Morgan fingerprint density at radius 1 is 1.29 bits per heavy atom. The van der Waals surface area contributed by atoms with Crippen LogP contribution in [0.25, 0.3) is 0 Å². The van der Waals surface area contributed by atoms with E-state index < -0.39 is 0 Å². The number of morpholine rings is 1. The molecule has 1 aromatic carbocycles. The molecule has 0 radical (unpaired) electrons. The molecule has 0 atom stereocenters. The molecule has 0 aromatic heterocycles.